The van der Waals surface area contributed by atoms with Gasteiger partial charge in [0, 0.05) is 43.5 Å². The first-order valence-corrected chi connectivity index (χ1v) is 8.40. The molecular weight excluding hydrogens is 352 g/mol. The van der Waals surface area contributed by atoms with E-state index in [1.54, 1.807) is 36.3 Å². The molecule has 0 spiro atoms. The van der Waals surface area contributed by atoms with E-state index in [1.807, 2.05) is 0 Å². The number of methoxy groups -OCH3 is 1. The molecule has 0 bridgehead atoms. The highest BCUT2D eigenvalue weighted by molar-refractivity contribution is 5.97. The summed E-state index contributed by atoms with van der Waals surface area (Å²) >= 11 is 0. The Kier molecular flexibility index (Phi) is 5.11. The first kappa shape index (κ1) is 18.4. The largest absolute Gasteiger partial charge is 0.497 e. The van der Waals surface area contributed by atoms with Crippen LogP contribution in [0.5, 0.6) is 5.75 Å². The number of carbonyl (C=O) groups is 2. The fourth-order valence-corrected chi connectivity index (χ4v) is 3.03. The predicted octanol–water partition coefficient (Wildman–Crippen LogP) is -0.454. The number of H-pyrrole nitrogens is 1. The van der Waals surface area contributed by atoms with Crippen molar-refractivity contribution in [3.63, 3.8) is 0 Å². The van der Waals surface area contributed by atoms with Crippen LogP contribution in [0.1, 0.15) is 12.0 Å². The zero-order valence-corrected chi connectivity index (χ0v) is 15.0. The standard InChI is InChI=1S/C18H20N4O5/c1-21-17(25)11(9-19-18(21)26)6-15(23)20-12-7-16(24)22(10-12)13-4-3-5-14(8-13)27-2/h3-5,8-9,12H,6-7,10H2,1-2H3,(H,19,26)(H,20,23)/t12-/m1/s1. The van der Waals surface area contributed by atoms with Crippen LogP contribution in [0.2, 0.25) is 0 Å². The Morgan fingerprint density at radius 1 is 1.33 bits per heavy atom. The number of nitrogens with one attached hydrogen (secondary N) is 2. The molecule has 27 heavy (non-hydrogen) atoms. The van der Waals surface area contributed by atoms with E-state index >= 15 is 0 Å². The summed E-state index contributed by atoms with van der Waals surface area (Å²) in [5, 5.41) is 2.77. The molecule has 1 saturated heterocycles. The number of benzene rings is 1. The molecule has 2 N–H and O–H groups in total. The molecule has 3 rings (SSSR count). The molecule has 0 unspecified atom stereocenters. The second-order valence-corrected chi connectivity index (χ2v) is 6.33. The van der Waals surface area contributed by atoms with E-state index in [4.69, 9.17) is 4.74 Å². The smallest absolute Gasteiger partial charge is 0.328 e. The molecule has 9 heteroatoms. The summed E-state index contributed by atoms with van der Waals surface area (Å²) in [5.74, 6) is 0.152. The highest BCUT2D eigenvalue weighted by Gasteiger charge is 2.31. The van der Waals surface area contributed by atoms with Gasteiger partial charge in [-0.3, -0.25) is 19.0 Å². The SMILES string of the molecule is COc1cccc(N2C[C@H](NC(=O)Cc3c[nH]c(=O)n(C)c3=O)CC2=O)c1. The minimum atomic E-state index is -0.542. The van der Waals surface area contributed by atoms with E-state index in [9.17, 15) is 19.2 Å². The van der Waals surface area contributed by atoms with Crippen LogP contribution >= 0.6 is 0 Å². The van der Waals surface area contributed by atoms with Gasteiger partial charge < -0.3 is 19.9 Å². The van der Waals surface area contributed by atoms with Crippen LogP contribution in [0.3, 0.4) is 0 Å². The number of nitrogens with zero attached hydrogens (tertiary/aromatic N) is 2. The van der Waals surface area contributed by atoms with Crippen LogP contribution in [0, 0.1) is 0 Å². The lowest BCUT2D eigenvalue weighted by Crippen LogP contribution is -2.40. The first-order chi connectivity index (χ1) is 12.9. The van der Waals surface area contributed by atoms with Crippen LogP contribution in [0.4, 0.5) is 5.69 Å². The third kappa shape index (κ3) is 3.91. The lowest BCUT2D eigenvalue weighted by molar-refractivity contribution is -0.121. The molecule has 0 aliphatic carbocycles. The molecule has 1 aliphatic rings. The van der Waals surface area contributed by atoms with Crippen molar-refractivity contribution >= 4 is 17.5 Å². The fraction of sp³-hybridized carbons (Fsp3) is 0.333. The fourth-order valence-electron chi connectivity index (χ4n) is 3.03. The number of anilines is 1. The zero-order chi connectivity index (χ0) is 19.6. The second-order valence-electron chi connectivity index (χ2n) is 6.33. The van der Waals surface area contributed by atoms with Crippen molar-refractivity contribution in [1.82, 2.24) is 14.9 Å². The van der Waals surface area contributed by atoms with Gasteiger partial charge in [-0.1, -0.05) is 6.07 Å². The Balaban J connectivity index is 1.66. The van der Waals surface area contributed by atoms with E-state index in [2.05, 4.69) is 10.3 Å². The number of aromatic nitrogens is 2. The molecule has 0 saturated carbocycles. The summed E-state index contributed by atoms with van der Waals surface area (Å²) in [7, 11) is 2.89. The average molecular weight is 372 g/mol. The first-order valence-electron chi connectivity index (χ1n) is 8.40. The van der Waals surface area contributed by atoms with Crippen LogP contribution in [0.15, 0.2) is 40.1 Å². The van der Waals surface area contributed by atoms with E-state index in [-0.39, 0.29) is 36.3 Å². The average Bonchev–Trinajstić information content (AvgIpc) is 3.02. The lowest BCUT2D eigenvalue weighted by Gasteiger charge is -2.18. The predicted molar refractivity (Wildman–Crippen MR) is 97.9 cm³/mol. The molecular formula is C18H20N4O5. The minimum Gasteiger partial charge on any atom is -0.497 e. The summed E-state index contributed by atoms with van der Waals surface area (Å²) in [6.07, 6.45) is 1.24. The molecule has 1 aliphatic heterocycles. The number of carbonyl (C=O) groups excluding carboxylic acids is 2. The van der Waals surface area contributed by atoms with E-state index in [1.165, 1.54) is 13.2 Å². The minimum absolute atomic E-state index is 0.103. The van der Waals surface area contributed by atoms with Crippen molar-refractivity contribution < 1.29 is 14.3 Å². The van der Waals surface area contributed by atoms with Gasteiger partial charge in [0.05, 0.1) is 19.6 Å². The third-order valence-electron chi connectivity index (χ3n) is 4.46. The topological polar surface area (TPSA) is 114 Å². The molecule has 1 aromatic carbocycles. The van der Waals surface area contributed by atoms with Gasteiger partial charge in [0.2, 0.25) is 11.8 Å². The summed E-state index contributed by atoms with van der Waals surface area (Å²) in [4.78, 5) is 51.9. The van der Waals surface area contributed by atoms with Crippen LogP contribution < -0.4 is 26.2 Å². The van der Waals surface area contributed by atoms with E-state index in [0.29, 0.717) is 18.0 Å². The number of amides is 2. The number of hydrogen-bond acceptors (Lipinski definition) is 5. The Morgan fingerprint density at radius 3 is 2.85 bits per heavy atom. The lowest BCUT2D eigenvalue weighted by atomic mass is 10.2. The second kappa shape index (κ2) is 7.48. The summed E-state index contributed by atoms with van der Waals surface area (Å²) < 4.78 is 6.08. The molecule has 142 valence electrons. The normalized spacial score (nSPS) is 16.4. The Hall–Kier alpha value is -3.36. The maximum Gasteiger partial charge on any atom is 0.328 e. The van der Waals surface area contributed by atoms with Gasteiger partial charge in [0.15, 0.2) is 0 Å². The van der Waals surface area contributed by atoms with Crippen LogP contribution in [-0.4, -0.2) is 41.1 Å². The monoisotopic (exact) mass is 372 g/mol. The molecule has 1 fully saturated rings. The zero-order valence-electron chi connectivity index (χ0n) is 15.0. The maximum absolute atomic E-state index is 12.3. The number of hydrogen-bond donors (Lipinski definition) is 2. The molecule has 0 radical (unpaired) electrons. The summed E-state index contributed by atoms with van der Waals surface area (Å²) in [5.41, 5.74) is -0.178. The number of rotatable bonds is 5. The highest BCUT2D eigenvalue weighted by Crippen LogP contribution is 2.25. The van der Waals surface area contributed by atoms with Crippen molar-refractivity contribution in [3.05, 3.63) is 56.9 Å². The van der Waals surface area contributed by atoms with Gasteiger partial charge >= 0.3 is 5.69 Å². The third-order valence-corrected chi connectivity index (χ3v) is 4.46. The molecule has 2 amide bonds. The van der Waals surface area contributed by atoms with Crippen LogP contribution in [-0.2, 0) is 23.1 Å². The highest BCUT2D eigenvalue weighted by atomic mass is 16.5. The Labute approximate surface area is 154 Å². The van der Waals surface area contributed by atoms with Crippen molar-refractivity contribution in [2.75, 3.05) is 18.6 Å². The van der Waals surface area contributed by atoms with Gasteiger partial charge in [0.1, 0.15) is 5.75 Å². The Morgan fingerprint density at radius 2 is 2.11 bits per heavy atom. The van der Waals surface area contributed by atoms with Crippen molar-refractivity contribution in [3.8, 4) is 5.75 Å². The van der Waals surface area contributed by atoms with Crippen molar-refractivity contribution in [2.24, 2.45) is 7.05 Å². The van der Waals surface area contributed by atoms with Gasteiger partial charge in [-0.2, -0.15) is 0 Å². The van der Waals surface area contributed by atoms with E-state index in [0.717, 1.165) is 4.57 Å². The maximum atomic E-state index is 12.3. The van der Waals surface area contributed by atoms with Gasteiger partial charge in [0.25, 0.3) is 5.56 Å². The van der Waals surface area contributed by atoms with E-state index < -0.39 is 11.2 Å². The van der Waals surface area contributed by atoms with Gasteiger partial charge in [-0.15, -0.1) is 0 Å². The van der Waals surface area contributed by atoms with Crippen LogP contribution in [0.25, 0.3) is 0 Å². The summed E-state index contributed by atoms with van der Waals surface area (Å²) in [6.45, 7) is 0.335. The van der Waals surface area contributed by atoms with Gasteiger partial charge in [-0.25, -0.2) is 4.79 Å². The quantitative estimate of drug-likeness (QED) is 0.738. The van der Waals surface area contributed by atoms with Crippen molar-refractivity contribution in [1.29, 1.82) is 0 Å². The molecule has 2 aromatic rings. The molecule has 1 aromatic heterocycles. The number of aromatic amines is 1. The molecule has 9 nitrogen and oxygen atoms in total. The number of ether oxygens (including phenoxy) is 1. The molecule has 2 heterocycles. The Bertz CT molecular complexity index is 994. The molecule has 1 atom stereocenters. The summed E-state index contributed by atoms with van der Waals surface area (Å²) in [6, 6.07) is 6.77. The van der Waals surface area contributed by atoms with Gasteiger partial charge in [-0.05, 0) is 12.1 Å². The van der Waals surface area contributed by atoms with Crippen molar-refractivity contribution in [2.45, 2.75) is 18.9 Å².